The number of halogens is 8. The van der Waals surface area contributed by atoms with E-state index in [9.17, 15) is 31.1 Å². The summed E-state index contributed by atoms with van der Waals surface area (Å²) in [5, 5.41) is 0.911. The maximum absolute atomic E-state index is 13.7. The number of H-pyrrole nitrogens is 1. The Bertz CT molecular complexity index is 1660. The third-order valence-electron chi connectivity index (χ3n) is 7.28. The number of carbonyl (C=O) groups excluding carboxylic acids is 1. The molecule has 0 bridgehead atoms. The van der Waals surface area contributed by atoms with Crippen LogP contribution in [-0.4, -0.2) is 65.0 Å². The summed E-state index contributed by atoms with van der Waals surface area (Å²) >= 11 is 0. The molecule has 1 aliphatic rings. The van der Waals surface area contributed by atoms with Gasteiger partial charge in [0.25, 0.3) is 5.91 Å². The lowest BCUT2D eigenvalue weighted by molar-refractivity contribution is -0.143. The molecule has 0 saturated carbocycles. The highest BCUT2D eigenvalue weighted by atomic mass is 35.5. The van der Waals surface area contributed by atoms with Crippen LogP contribution in [0.5, 0.6) is 5.88 Å². The van der Waals surface area contributed by atoms with Crippen LogP contribution in [-0.2, 0) is 18.8 Å². The van der Waals surface area contributed by atoms with Gasteiger partial charge in [0, 0.05) is 54.5 Å². The number of carbonyl (C=O) groups is 1. The van der Waals surface area contributed by atoms with Crippen molar-refractivity contribution >= 4 is 41.6 Å². The van der Waals surface area contributed by atoms with Crippen molar-refractivity contribution in [2.24, 2.45) is 0 Å². The van der Waals surface area contributed by atoms with Crippen LogP contribution in [0.4, 0.5) is 26.3 Å². The van der Waals surface area contributed by atoms with E-state index < -0.39 is 41.0 Å². The number of nitrogens with zero attached hydrogens (tertiary/aromatic N) is 3. The second-order valence-corrected chi connectivity index (χ2v) is 10.1. The summed E-state index contributed by atoms with van der Waals surface area (Å²) in [6.45, 7) is 1.02. The summed E-state index contributed by atoms with van der Waals surface area (Å²) in [6.07, 6.45) is -6.42. The molecule has 3 heterocycles. The highest BCUT2D eigenvalue weighted by Crippen LogP contribution is 2.37. The topological polar surface area (TPSA) is 61.5 Å². The van der Waals surface area contributed by atoms with Gasteiger partial charge in [-0.25, -0.2) is 4.98 Å². The molecule has 4 aromatic rings. The molecule has 0 unspecified atom stereocenters. The molecule has 45 heavy (non-hydrogen) atoms. The fourth-order valence-corrected chi connectivity index (χ4v) is 5.20. The zero-order valence-electron chi connectivity index (χ0n) is 23.7. The number of hydrogen-bond acceptors (Lipinski definition) is 4. The number of nitrogens with one attached hydrogen (secondary N) is 1. The zero-order chi connectivity index (χ0) is 30.8. The Labute approximate surface area is 267 Å². The average Bonchev–Trinajstić information content (AvgIpc) is 3.39. The van der Waals surface area contributed by atoms with Crippen molar-refractivity contribution in [1.82, 2.24) is 19.8 Å². The first-order chi connectivity index (χ1) is 20.4. The van der Waals surface area contributed by atoms with Gasteiger partial charge in [-0.1, -0.05) is 30.0 Å². The Hall–Kier alpha value is -3.92. The average molecular weight is 673 g/mol. The molecule has 1 atom stereocenters. The van der Waals surface area contributed by atoms with Gasteiger partial charge in [0.15, 0.2) is 0 Å². The molecule has 1 N–H and O–H groups in total. The van der Waals surface area contributed by atoms with Crippen LogP contribution in [0.15, 0.2) is 67.0 Å². The smallest absolute Gasteiger partial charge is 0.416 e. The number of aromatic nitrogens is 2. The molecular weight excluding hydrogens is 645 g/mol. The minimum atomic E-state index is -5.06. The van der Waals surface area contributed by atoms with Crippen molar-refractivity contribution in [1.29, 1.82) is 0 Å². The lowest BCUT2D eigenvalue weighted by Gasteiger charge is -2.41. The largest absolute Gasteiger partial charge is 0.480 e. The monoisotopic (exact) mass is 672 g/mol. The second-order valence-electron chi connectivity index (χ2n) is 10.1. The van der Waals surface area contributed by atoms with Crippen LogP contribution in [0.1, 0.15) is 32.6 Å². The molecule has 2 aromatic heterocycles. The maximum Gasteiger partial charge on any atom is 0.416 e. The minimum absolute atomic E-state index is 0. The van der Waals surface area contributed by atoms with E-state index >= 15 is 0 Å². The van der Waals surface area contributed by atoms with E-state index in [1.165, 1.54) is 12.0 Å². The van der Waals surface area contributed by atoms with Crippen LogP contribution in [0.3, 0.4) is 0 Å². The van der Waals surface area contributed by atoms with E-state index in [0.29, 0.717) is 49.6 Å². The van der Waals surface area contributed by atoms with Gasteiger partial charge in [-0.3, -0.25) is 9.69 Å². The van der Waals surface area contributed by atoms with E-state index in [0.717, 1.165) is 16.5 Å². The van der Waals surface area contributed by atoms with Crippen LogP contribution in [0, 0.1) is 11.8 Å². The molecule has 0 radical (unpaired) electrons. The van der Waals surface area contributed by atoms with E-state index in [1.807, 2.05) is 29.2 Å². The molecule has 5 rings (SSSR count). The van der Waals surface area contributed by atoms with E-state index in [4.69, 9.17) is 4.74 Å². The highest BCUT2D eigenvalue weighted by molar-refractivity contribution is 5.95. The molecule has 6 nitrogen and oxygen atoms in total. The summed E-state index contributed by atoms with van der Waals surface area (Å²) in [4.78, 5) is 24.3. The molecule has 240 valence electrons. The first-order valence-electron chi connectivity index (χ1n) is 13.3. The number of aromatic amines is 1. The van der Waals surface area contributed by atoms with Crippen LogP contribution in [0.25, 0.3) is 10.9 Å². The van der Waals surface area contributed by atoms with Crippen molar-refractivity contribution in [3.8, 4) is 17.7 Å². The van der Waals surface area contributed by atoms with E-state index in [2.05, 4.69) is 21.8 Å². The Balaban J connectivity index is 0.00000276. The number of rotatable bonds is 5. The van der Waals surface area contributed by atoms with Gasteiger partial charge < -0.3 is 14.6 Å². The summed E-state index contributed by atoms with van der Waals surface area (Å²) in [6, 6.07) is 11.4. The third kappa shape index (κ3) is 8.22. The number of methoxy groups -OCH3 is 1. The third-order valence-corrected chi connectivity index (χ3v) is 7.28. The fourth-order valence-electron chi connectivity index (χ4n) is 5.20. The van der Waals surface area contributed by atoms with Gasteiger partial charge in [0.05, 0.1) is 30.3 Å². The molecular formula is C31H28Cl2F6N4O2. The summed E-state index contributed by atoms with van der Waals surface area (Å²) in [5.41, 5.74) is -1.39. The number of benzene rings is 2. The lowest BCUT2D eigenvalue weighted by Crippen LogP contribution is -2.56. The SMILES string of the molecule is COc1ncccc1C#CCN1CCN(C(=O)c2cc(C(F)(F)F)cc(C(F)(F)F)c2)[C@H](Cc2c[nH]c3ccccc23)C1.Cl.Cl. The number of amides is 1. The first-order valence-corrected chi connectivity index (χ1v) is 13.3. The Morgan fingerprint density at radius 1 is 1.00 bits per heavy atom. The molecule has 2 aromatic carbocycles. The van der Waals surface area contributed by atoms with Crippen molar-refractivity contribution in [3.05, 3.63) is 94.8 Å². The number of pyridine rings is 1. The van der Waals surface area contributed by atoms with Crippen molar-refractivity contribution in [2.45, 2.75) is 24.8 Å². The minimum Gasteiger partial charge on any atom is -0.480 e. The number of ether oxygens (including phenoxy) is 1. The van der Waals surface area contributed by atoms with Crippen molar-refractivity contribution in [3.63, 3.8) is 0 Å². The molecule has 1 amide bonds. The molecule has 14 heteroatoms. The molecule has 1 aliphatic heterocycles. The van der Waals surface area contributed by atoms with Gasteiger partial charge in [-0.2, -0.15) is 26.3 Å². The highest BCUT2D eigenvalue weighted by Gasteiger charge is 2.39. The van der Waals surface area contributed by atoms with Crippen LogP contribution >= 0.6 is 24.8 Å². The Kier molecular flexibility index (Phi) is 11.4. The Morgan fingerprint density at radius 3 is 2.36 bits per heavy atom. The standard InChI is InChI=1S/C31H26F6N4O2.2ClH/c1-43-28-20(6-4-10-38-28)7-5-11-40-12-13-41(25(19-40)16-22-18-39-27-9-3-2-8-26(22)27)29(42)21-14-23(30(32,33)34)17-24(15-21)31(35,36)37;;/h2-4,6,8-10,14-15,17-18,25,39H,11-13,16,19H2,1H3;2*1H/t25-;;/m1../s1. The van der Waals surface area contributed by atoms with Gasteiger partial charge in [-0.15, -0.1) is 24.8 Å². The summed E-state index contributed by atoms with van der Waals surface area (Å²) < 4.78 is 86.4. The normalized spacial score (nSPS) is 15.4. The van der Waals surface area contributed by atoms with Crippen LogP contribution < -0.4 is 4.74 Å². The lowest BCUT2D eigenvalue weighted by atomic mass is 9.98. The predicted molar refractivity (Wildman–Crippen MR) is 162 cm³/mol. The number of fused-ring (bicyclic) bond motifs is 1. The van der Waals surface area contributed by atoms with Gasteiger partial charge in [-0.05, 0) is 48.4 Å². The second kappa shape index (κ2) is 14.5. The molecule has 1 fully saturated rings. The Morgan fingerprint density at radius 2 is 1.69 bits per heavy atom. The van der Waals surface area contributed by atoms with Crippen molar-refractivity contribution < 1.29 is 35.9 Å². The number of piperazine rings is 1. The van der Waals surface area contributed by atoms with Gasteiger partial charge in [0.1, 0.15) is 0 Å². The maximum atomic E-state index is 13.7. The summed E-state index contributed by atoms with van der Waals surface area (Å²) in [7, 11) is 1.49. The molecule has 0 aliphatic carbocycles. The number of para-hydroxylation sites is 1. The number of hydrogen-bond donors (Lipinski definition) is 1. The van der Waals surface area contributed by atoms with E-state index in [-0.39, 0.29) is 37.4 Å². The van der Waals surface area contributed by atoms with Crippen LogP contribution in [0.2, 0.25) is 0 Å². The summed E-state index contributed by atoms with van der Waals surface area (Å²) in [5.74, 6) is 5.57. The number of alkyl halides is 6. The fraction of sp³-hybridized carbons (Fsp3) is 0.290. The van der Waals surface area contributed by atoms with Crippen molar-refractivity contribution in [2.75, 3.05) is 33.3 Å². The first kappa shape index (κ1) is 35.6. The molecule has 0 spiro atoms. The quantitative estimate of drug-likeness (QED) is 0.186. The molecule has 1 saturated heterocycles. The van der Waals surface area contributed by atoms with Gasteiger partial charge >= 0.3 is 12.4 Å². The zero-order valence-corrected chi connectivity index (χ0v) is 25.3. The van der Waals surface area contributed by atoms with E-state index in [1.54, 1.807) is 24.5 Å². The predicted octanol–water partition coefficient (Wildman–Crippen LogP) is 6.87. The van der Waals surface area contributed by atoms with Gasteiger partial charge in [0.2, 0.25) is 5.88 Å².